The largest absolute Gasteiger partial charge is 0.481 e. The van der Waals surface area contributed by atoms with Crippen molar-refractivity contribution in [2.45, 2.75) is 57.7 Å². The van der Waals surface area contributed by atoms with Crippen LogP contribution < -0.4 is 5.32 Å². The van der Waals surface area contributed by atoms with Crippen LogP contribution in [0.1, 0.15) is 39.5 Å². The van der Waals surface area contributed by atoms with Crippen molar-refractivity contribution in [3.8, 4) is 0 Å². The van der Waals surface area contributed by atoms with Crippen molar-refractivity contribution in [2.24, 2.45) is 5.92 Å². The smallest absolute Gasteiger partial charge is 0.305 e. The Morgan fingerprint density at radius 3 is 2.56 bits per heavy atom. The number of carboxylic acid groups (broad SMARTS) is 1. The molecule has 3 atom stereocenters. The van der Waals surface area contributed by atoms with Gasteiger partial charge >= 0.3 is 5.97 Å². The minimum absolute atomic E-state index is 0.0260. The van der Waals surface area contributed by atoms with Crippen LogP contribution in [0.25, 0.3) is 0 Å². The van der Waals surface area contributed by atoms with Crippen LogP contribution in [0.2, 0.25) is 0 Å². The highest BCUT2D eigenvalue weighted by Crippen LogP contribution is 2.34. The Labute approximate surface area is 108 Å². The molecule has 0 aromatic carbocycles. The average Bonchev–Trinajstić information content (AvgIpc) is 2.89. The Hall–Kier alpha value is -1.10. The summed E-state index contributed by atoms with van der Waals surface area (Å²) in [5.74, 6) is -0.662. The molecule has 5 heteroatoms. The molecule has 3 unspecified atom stereocenters. The zero-order valence-corrected chi connectivity index (χ0v) is 11.1. The molecular weight excluding hydrogens is 232 g/mol. The van der Waals surface area contributed by atoms with Gasteiger partial charge in [-0.15, -0.1) is 0 Å². The van der Waals surface area contributed by atoms with Crippen molar-refractivity contribution in [1.82, 2.24) is 10.2 Å². The summed E-state index contributed by atoms with van der Waals surface area (Å²) in [7, 11) is 0. The fourth-order valence-electron chi connectivity index (χ4n) is 3.15. The van der Waals surface area contributed by atoms with E-state index >= 15 is 0 Å². The molecule has 5 nitrogen and oxygen atoms in total. The molecular formula is C13H22N2O3. The summed E-state index contributed by atoms with van der Waals surface area (Å²) in [6.07, 6.45) is 3.19. The molecule has 2 aliphatic heterocycles. The number of nitrogens with zero attached hydrogens (tertiary/aromatic N) is 1. The molecule has 2 bridgehead atoms. The maximum Gasteiger partial charge on any atom is 0.305 e. The van der Waals surface area contributed by atoms with Gasteiger partial charge in [-0.2, -0.15) is 0 Å². The monoisotopic (exact) mass is 254 g/mol. The molecule has 0 radical (unpaired) electrons. The van der Waals surface area contributed by atoms with Gasteiger partial charge in [0.15, 0.2) is 0 Å². The first-order chi connectivity index (χ1) is 8.49. The number of nitrogens with one attached hydrogen (secondary N) is 1. The first kappa shape index (κ1) is 13.3. The van der Waals surface area contributed by atoms with Crippen molar-refractivity contribution in [3.05, 3.63) is 0 Å². The number of fused-ring (bicyclic) bond motifs is 2. The molecule has 2 aliphatic rings. The number of carboxylic acids is 1. The van der Waals surface area contributed by atoms with Crippen molar-refractivity contribution in [3.63, 3.8) is 0 Å². The molecule has 0 aromatic rings. The number of hydrogen-bond donors (Lipinski definition) is 2. The third-order valence-corrected chi connectivity index (χ3v) is 4.09. The lowest BCUT2D eigenvalue weighted by Crippen LogP contribution is -2.45. The summed E-state index contributed by atoms with van der Waals surface area (Å²) >= 11 is 0. The number of hydrogen-bond acceptors (Lipinski definition) is 3. The Morgan fingerprint density at radius 1 is 1.39 bits per heavy atom. The van der Waals surface area contributed by atoms with Crippen molar-refractivity contribution in [1.29, 1.82) is 0 Å². The topological polar surface area (TPSA) is 69.6 Å². The van der Waals surface area contributed by atoms with Crippen LogP contribution in [0.4, 0.5) is 0 Å². The van der Waals surface area contributed by atoms with E-state index in [2.05, 4.69) is 5.32 Å². The minimum Gasteiger partial charge on any atom is -0.481 e. The van der Waals surface area contributed by atoms with Crippen LogP contribution in [0, 0.1) is 5.92 Å². The van der Waals surface area contributed by atoms with E-state index in [4.69, 9.17) is 5.11 Å². The molecule has 2 saturated heterocycles. The Kier molecular flexibility index (Phi) is 3.90. The summed E-state index contributed by atoms with van der Waals surface area (Å²) in [6.45, 7) is 4.21. The molecule has 0 saturated carbocycles. The van der Waals surface area contributed by atoms with Gasteiger partial charge in [0.2, 0.25) is 5.91 Å². The highest BCUT2D eigenvalue weighted by molar-refractivity contribution is 5.81. The molecule has 0 aliphatic carbocycles. The molecule has 2 N–H and O–H groups in total. The highest BCUT2D eigenvalue weighted by Gasteiger charge is 2.44. The number of carbonyl (C=O) groups excluding carboxylic acids is 1. The summed E-state index contributed by atoms with van der Waals surface area (Å²) in [4.78, 5) is 24.9. The first-order valence-electron chi connectivity index (χ1n) is 6.77. The van der Waals surface area contributed by atoms with Gasteiger partial charge in [-0.25, -0.2) is 0 Å². The Bertz CT molecular complexity index is 343. The maximum absolute atomic E-state index is 12.5. The summed E-state index contributed by atoms with van der Waals surface area (Å²) in [6, 6.07) is 0.877. The summed E-state index contributed by atoms with van der Waals surface area (Å²) in [5.41, 5.74) is 0. The normalized spacial score (nSPS) is 29.8. The standard InChI is InChI=1S/C13H22N2O3/c1-8(2)15(6-5-12(16)17)13(18)10-7-9-3-4-11(10)14-9/h8-11,14H,3-7H2,1-2H3,(H,16,17). The molecule has 0 aromatic heterocycles. The SMILES string of the molecule is CC(C)N(CCC(=O)O)C(=O)C1CC2CCC1N2. The van der Waals surface area contributed by atoms with Crippen LogP contribution in [-0.2, 0) is 9.59 Å². The van der Waals surface area contributed by atoms with Gasteiger partial charge in [0, 0.05) is 24.7 Å². The first-order valence-corrected chi connectivity index (χ1v) is 6.77. The van der Waals surface area contributed by atoms with Gasteiger partial charge < -0.3 is 15.3 Å². The lowest BCUT2D eigenvalue weighted by Gasteiger charge is -2.31. The molecule has 102 valence electrons. The fourth-order valence-corrected chi connectivity index (χ4v) is 3.15. The third kappa shape index (κ3) is 2.66. The average molecular weight is 254 g/mol. The second-order valence-corrected chi connectivity index (χ2v) is 5.66. The molecule has 2 fully saturated rings. The minimum atomic E-state index is -0.848. The number of carbonyl (C=O) groups is 2. The maximum atomic E-state index is 12.5. The molecule has 0 spiro atoms. The van der Waals surface area contributed by atoms with E-state index in [1.807, 2.05) is 13.8 Å². The van der Waals surface area contributed by atoms with Gasteiger partial charge in [0.1, 0.15) is 0 Å². The Morgan fingerprint density at radius 2 is 2.11 bits per heavy atom. The van der Waals surface area contributed by atoms with Crippen molar-refractivity contribution in [2.75, 3.05) is 6.54 Å². The second kappa shape index (κ2) is 5.26. The zero-order chi connectivity index (χ0) is 13.3. The predicted molar refractivity (Wildman–Crippen MR) is 67.2 cm³/mol. The van der Waals surface area contributed by atoms with Gasteiger partial charge in [-0.1, -0.05) is 0 Å². The van der Waals surface area contributed by atoms with Crippen LogP contribution >= 0.6 is 0 Å². The molecule has 18 heavy (non-hydrogen) atoms. The van der Waals surface area contributed by atoms with Crippen LogP contribution in [0.3, 0.4) is 0 Å². The second-order valence-electron chi connectivity index (χ2n) is 5.66. The fraction of sp³-hybridized carbons (Fsp3) is 0.846. The quantitative estimate of drug-likeness (QED) is 0.762. The van der Waals surface area contributed by atoms with Crippen LogP contribution in [0.5, 0.6) is 0 Å². The van der Waals surface area contributed by atoms with E-state index in [-0.39, 0.29) is 24.3 Å². The van der Waals surface area contributed by atoms with E-state index < -0.39 is 5.97 Å². The van der Waals surface area contributed by atoms with Crippen molar-refractivity contribution < 1.29 is 14.7 Å². The number of aliphatic carboxylic acids is 1. The van der Waals surface area contributed by atoms with Gasteiger partial charge in [-0.3, -0.25) is 9.59 Å². The summed E-state index contributed by atoms with van der Waals surface area (Å²) in [5, 5.41) is 12.2. The third-order valence-electron chi connectivity index (χ3n) is 4.09. The van der Waals surface area contributed by atoms with E-state index in [1.165, 1.54) is 6.42 Å². The van der Waals surface area contributed by atoms with E-state index in [0.717, 1.165) is 12.8 Å². The number of rotatable bonds is 5. The number of amides is 1. The lowest BCUT2D eigenvalue weighted by atomic mass is 9.88. The van der Waals surface area contributed by atoms with Crippen LogP contribution in [-0.4, -0.2) is 46.6 Å². The van der Waals surface area contributed by atoms with E-state index in [0.29, 0.717) is 18.6 Å². The Balaban J connectivity index is 1.97. The molecule has 2 rings (SSSR count). The van der Waals surface area contributed by atoms with Crippen molar-refractivity contribution >= 4 is 11.9 Å². The van der Waals surface area contributed by atoms with Gasteiger partial charge in [-0.05, 0) is 33.1 Å². The predicted octanol–water partition coefficient (Wildman–Crippen LogP) is 0.839. The summed E-state index contributed by atoms with van der Waals surface area (Å²) < 4.78 is 0. The van der Waals surface area contributed by atoms with Crippen LogP contribution in [0.15, 0.2) is 0 Å². The van der Waals surface area contributed by atoms with Gasteiger partial charge in [0.05, 0.1) is 12.3 Å². The van der Waals surface area contributed by atoms with E-state index in [1.54, 1.807) is 4.90 Å². The lowest BCUT2D eigenvalue weighted by molar-refractivity contribution is -0.141. The van der Waals surface area contributed by atoms with Gasteiger partial charge in [0.25, 0.3) is 0 Å². The highest BCUT2D eigenvalue weighted by atomic mass is 16.4. The zero-order valence-electron chi connectivity index (χ0n) is 11.1. The molecule has 2 heterocycles. The van der Waals surface area contributed by atoms with E-state index in [9.17, 15) is 9.59 Å². The molecule has 1 amide bonds.